The summed E-state index contributed by atoms with van der Waals surface area (Å²) in [4.78, 5) is 12.5. The predicted octanol–water partition coefficient (Wildman–Crippen LogP) is 3.76. The van der Waals surface area contributed by atoms with Crippen molar-refractivity contribution in [1.29, 1.82) is 0 Å². The Morgan fingerprint density at radius 3 is 2.92 bits per heavy atom. The molecule has 3 heterocycles. The first-order chi connectivity index (χ1) is 11.8. The van der Waals surface area contributed by atoms with Crippen LogP contribution in [0.25, 0.3) is 10.1 Å². The molecule has 0 radical (unpaired) electrons. The van der Waals surface area contributed by atoms with Crippen LogP contribution in [0.4, 0.5) is 5.95 Å². The van der Waals surface area contributed by atoms with Gasteiger partial charge in [-0.3, -0.25) is 0 Å². The Labute approximate surface area is 146 Å². The first-order valence-electron chi connectivity index (χ1n) is 8.53. The summed E-state index contributed by atoms with van der Waals surface area (Å²) >= 11 is 1.89. The van der Waals surface area contributed by atoms with Gasteiger partial charge < -0.3 is 10.2 Å². The molecule has 1 aliphatic heterocycles. The standard InChI is InChI=1S/C19H22N4S/c1-14-17(16-7-2-3-8-18(16)24-14)12-22-15-6-4-11-23(13-15)19-20-9-5-10-21-19/h2-3,5,7-10,15,22H,4,6,11-13H2,1H3. The van der Waals surface area contributed by atoms with Gasteiger partial charge in [0, 0.05) is 47.6 Å². The number of benzene rings is 1. The number of aromatic nitrogens is 2. The van der Waals surface area contributed by atoms with Gasteiger partial charge in [-0.1, -0.05) is 18.2 Å². The Morgan fingerprint density at radius 1 is 1.21 bits per heavy atom. The van der Waals surface area contributed by atoms with Gasteiger partial charge in [0.1, 0.15) is 0 Å². The normalized spacial score (nSPS) is 18.2. The molecule has 0 aliphatic carbocycles. The lowest BCUT2D eigenvalue weighted by molar-refractivity contribution is 0.418. The van der Waals surface area contributed by atoms with Crippen LogP contribution in [0.15, 0.2) is 42.7 Å². The van der Waals surface area contributed by atoms with E-state index >= 15 is 0 Å². The number of hydrogen-bond donors (Lipinski definition) is 1. The van der Waals surface area contributed by atoms with Crippen molar-refractivity contribution in [3.8, 4) is 0 Å². The second-order valence-corrected chi connectivity index (χ2v) is 7.60. The summed E-state index contributed by atoms with van der Waals surface area (Å²) in [5, 5.41) is 5.16. The first kappa shape index (κ1) is 15.5. The average molecular weight is 338 g/mol. The summed E-state index contributed by atoms with van der Waals surface area (Å²) in [5.74, 6) is 0.848. The van der Waals surface area contributed by atoms with E-state index in [-0.39, 0.29) is 0 Å². The fourth-order valence-corrected chi connectivity index (χ4v) is 4.55. The second kappa shape index (κ2) is 6.87. The number of hydrogen-bond acceptors (Lipinski definition) is 5. The zero-order chi connectivity index (χ0) is 16.4. The van der Waals surface area contributed by atoms with Gasteiger partial charge in [-0.25, -0.2) is 9.97 Å². The minimum absolute atomic E-state index is 0.487. The molecular weight excluding hydrogens is 316 g/mol. The third-order valence-corrected chi connectivity index (χ3v) is 5.85. The molecule has 4 rings (SSSR count). The van der Waals surface area contributed by atoms with Crippen LogP contribution in [0.3, 0.4) is 0 Å². The van der Waals surface area contributed by atoms with E-state index in [1.807, 2.05) is 29.8 Å². The van der Waals surface area contributed by atoms with Gasteiger partial charge in [-0.05, 0) is 42.8 Å². The molecule has 1 unspecified atom stereocenters. The van der Waals surface area contributed by atoms with E-state index in [9.17, 15) is 0 Å². The maximum atomic E-state index is 4.39. The molecule has 0 bridgehead atoms. The number of thiophene rings is 1. The Kier molecular flexibility index (Phi) is 4.45. The molecule has 4 nitrogen and oxygen atoms in total. The van der Waals surface area contributed by atoms with Crippen molar-refractivity contribution in [1.82, 2.24) is 15.3 Å². The summed E-state index contributed by atoms with van der Waals surface area (Å²) < 4.78 is 1.38. The fourth-order valence-electron chi connectivity index (χ4n) is 3.47. The largest absolute Gasteiger partial charge is 0.339 e. The molecule has 1 aliphatic rings. The van der Waals surface area contributed by atoms with Gasteiger partial charge in [0.25, 0.3) is 0 Å². The molecule has 24 heavy (non-hydrogen) atoms. The van der Waals surface area contributed by atoms with Crippen LogP contribution in [0.2, 0.25) is 0 Å². The maximum Gasteiger partial charge on any atom is 0.225 e. The number of fused-ring (bicyclic) bond motifs is 1. The third kappa shape index (κ3) is 3.14. The Bertz CT molecular complexity index is 815. The smallest absolute Gasteiger partial charge is 0.225 e. The second-order valence-electron chi connectivity index (χ2n) is 6.35. The van der Waals surface area contributed by atoms with Gasteiger partial charge >= 0.3 is 0 Å². The lowest BCUT2D eigenvalue weighted by atomic mass is 10.0. The molecule has 1 atom stereocenters. The molecule has 0 spiro atoms. The van der Waals surface area contributed by atoms with E-state index in [1.54, 1.807) is 0 Å². The lowest BCUT2D eigenvalue weighted by Gasteiger charge is -2.33. The van der Waals surface area contributed by atoms with Crippen LogP contribution in [-0.4, -0.2) is 29.1 Å². The van der Waals surface area contributed by atoms with Crippen LogP contribution >= 0.6 is 11.3 Å². The highest BCUT2D eigenvalue weighted by Gasteiger charge is 2.21. The molecular formula is C19H22N4S. The molecule has 0 saturated carbocycles. The van der Waals surface area contributed by atoms with Gasteiger partial charge in [-0.2, -0.15) is 0 Å². The number of piperidine rings is 1. The minimum atomic E-state index is 0.487. The van der Waals surface area contributed by atoms with Crippen molar-refractivity contribution >= 4 is 27.4 Å². The van der Waals surface area contributed by atoms with Gasteiger partial charge in [0.15, 0.2) is 0 Å². The summed E-state index contributed by atoms with van der Waals surface area (Å²) in [5.41, 5.74) is 1.45. The van der Waals surface area contributed by atoms with E-state index in [1.165, 1.54) is 33.4 Å². The third-order valence-electron chi connectivity index (χ3n) is 4.72. The van der Waals surface area contributed by atoms with Crippen molar-refractivity contribution in [3.05, 3.63) is 53.2 Å². The zero-order valence-corrected chi connectivity index (χ0v) is 14.7. The van der Waals surface area contributed by atoms with Crippen LogP contribution < -0.4 is 10.2 Å². The summed E-state index contributed by atoms with van der Waals surface area (Å²) in [6.45, 7) is 5.18. The number of nitrogens with zero attached hydrogens (tertiary/aromatic N) is 3. The van der Waals surface area contributed by atoms with Crippen LogP contribution in [0.1, 0.15) is 23.3 Å². The molecule has 5 heteroatoms. The van der Waals surface area contributed by atoms with E-state index in [4.69, 9.17) is 0 Å². The molecule has 1 N–H and O–H groups in total. The quantitative estimate of drug-likeness (QED) is 0.786. The molecule has 3 aromatic rings. The van der Waals surface area contributed by atoms with Crippen LogP contribution in [0, 0.1) is 6.92 Å². The number of nitrogens with one attached hydrogen (secondary N) is 1. The fraction of sp³-hybridized carbons (Fsp3) is 0.368. The Morgan fingerprint density at radius 2 is 2.04 bits per heavy atom. The zero-order valence-electron chi connectivity index (χ0n) is 13.9. The van der Waals surface area contributed by atoms with Crippen molar-refractivity contribution < 1.29 is 0 Å². The SMILES string of the molecule is Cc1sc2ccccc2c1CNC1CCCN(c2ncccn2)C1. The van der Waals surface area contributed by atoms with Crippen molar-refractivity contribution in [3.63, 3.8) is 0 Å². The topological polar surface area (TPSA) is 41.0 Å². The van der Waals surface area contributed by atoms with E-state index in [0.29, 0.717) is 6.04 Å². The molecule has 1 aromatic carbocycles. The summed E-state index contributed by atoms with van der Waals surface area (Å²) in [6, 6.07) is 11.1. The highest BCUT2D eigenvalue weighted by Crippen LogP contribution is 2.30. The molecule has 124 valence electrons. The number of aryl methyl sites for hydroxylation is 1. The monoisotopic (exact) mass is 338 g/mol. The number of anilines is 1. The van der Waals surface area contributed by atoms with Crippen molar-refractivity contribution in [2.45, 2.75) is 32.4 Å². The Balaban J connectivity index is 1.44. The van der Waals surface area contributed by atoms with Gasteiger partial charge in [0.2, 0.25) is 5.95 Å². The highest BCUT2D eigenvalue weighted by molar-refractivity contribution is 7.19. The minimum Gasteiger partial charge on any atom is -0.339 e. The summed E-state index contributed by atoms with van der Waals surface area (Å²) in [6.07, 6.45) is 6.03. The van der Waals surface area contributed by atoms with Crippen LogP contribution in [0.5, 0.6) is 0 Å². The Hall–Kier alpha value is -1.98. The maximum absolute atomic E-state index is 4.39. The van der Waals surface area contributed by atoms with Gasteiger partial charge in [-0.15, -0.1) is 11.3 Å². The lowest BCUT2D eigenvalue weighted by Crippen LogP contribution is -2.46. The van der Waals surface area contributed by atoms with E-state index < -0.39 is 0 Å². The summed E-state index contributed by atoms with van der Waals surface area (Å²) in [7, 11) is 0. The van der Waals surface area contributed by atoms with Gasteiger partial charge in [0.05, 0.1) is 0 Å². The highest BCUT2D eigenvalue weighted by atomic mass is 32.1. The molecule has 1 saturated heterocycles. The van der Waals surface area contributed by atoms with E-state index in [0.717, 1.165) is 25.6 Å². The molecule has 0 amide bonds. The average Bonchev–Trinajstić information content (AvgIpc) is 2.96. The first-order valence-corrected chi connectivity index (χ1v) is 9.35. The van der Waals surface area contributed by atoms with Crippen molar-refractivity contribution in [2.75, 3.05) is 18.0 Å². The molecule has 2 aromatic heterocycles. The predicted molar refractivity (Wildman–Crippen MR) is 101 cm³/mol. The number of rotatable bonds is 4. The molecule has 1 fully saturated rings. The van der Waals surface area contributed by atoms with E-state index in [2.05, 4.69) is 51.4 Å². The van der Waals surface area contributed by atoms with Crippen LogP contribution in [-0.2, 0) is 6.54 Å². The van der Waals surface area contributed by atoms with Crippen molar-refractivity contribution in [2.24, 2.45) is 0 Å².